The first-order valence-corrected chi connectivity index (χ1v) is 9.63. The van der Waals surface area contributed by atoms with E-state index in [2.05, 4.69) is 5.32 Å². The number of nitrogens with one attached hydrogen (secondary N) is 1. The monoisotopic (exact) mass is 397 g/mol. The van der Waals surface area contributed by atoms with Crippen LogP contribution in [0.2, 0.25) is 0 Å². The zero-order valence-corrected chi connectivity index (χ0v) is 17.8. The van der Waals surface area contributed by atoms with Crippen LogP contribution in [0.3, 0.4) is 0 Å². The lowest BCUT2D eigenvalue weighted by Gasteiger charge is -2.18. The van der Waals surface area contributed by atoms with Crippen molar-refractivity contribution in [3.8, 4) is 11.5 Å². The summed E-state index contributed by atoms with van der Waals surface area (Å²) in [7, 11) is 0. The Labute approximate surface area is 171 Å². The van der Waals surface area contributed by atoms with Gasteiger partial charge in [-0.15, -0.1) is 0 Å². The molecule has 0 aliphatic carbocycles. The number of amides is 1. The molecular formula is C23H27NO5. The van der Waals surface area contributed by atoms with E-state index in [-0.39, 0.29) is 25.3 Å². The highest BCUT2D eigenvalue weighted by molar-refractivity contribution is 5.95. The Bertz CT molecular complexity index is 951. The molecule has 1 N–H and O–H groups in total. The molecule has 0 fully saturated rings. The molecule has 1 heterocycles. The van der Waals surface area contributed by atoms with Crippen LogP contribution in [0.25, 0.3) is 0 Å². The number of carbonyl (C=O) groups is 2. The van der Waals surface area contributed by atoms with Gasteiger partial charge >= 0.3 is 5.97 Å². The molecule has 2 aromatic carbocycles. The molecule has 0 radical (unpaired) electrons. The summed E-state index contributed by atoms with van der Waals surface area (Å²) in [6.45, 7) is 11.6. The molecule has 1 unspecified atom stereocenters. The van der Waals surface area contributed by atoms with Gasteiger partial charge in [0, 0.05) is 0 Å². The Kier molecular flexibility index (Phi) is 5.82. The average Bonchev–Trinajstić information content (AvgIpc) is 3.17. The predicted molar refractivity (Wildman–Crippen MR) is 110 cm³/mol. The number of benzene rings is 2. The molecule has 154 valence electrons. The molecule has 2 aromatic rings. The Morgan fingerprint density at radius 2 is 1.55 bits per heavy atom. The van der Waals surface area contributed by atoms with Crippen molar-refractivity contribution in [3.05, 3.63) is 57.1 Å². The number of hydrogen-bond acceptors (Lipinski definition) is 5. The quantitative estimate of drug-likeness (QED) is 0.772. The van der Waals surface area contributed by atoms with Gasteiger partial charge < -0.3 is 19.5 Å². The second kappa shape index (κ2) is 8.15. The lowest BCUT2D eigenvalue weighted by molar-refractivity contribution is -0.124. The van der Waals surface area contributed by atoms with Gasteiger partial charge in [0.2, 0.25) is 6.79 Å². The Morgan fingerprint density at radius 1 is 0.966 bits per heavy atom. The van der Waals surface area contributed by atoms with Crippen molar-refractivity contribution >= 4 is 11.9 Å². The second-order valence-electron chi connectivity index (χ2n) is 7.48. The fourth-order valence-electron chi connectivity index (χ4n) is 3.56. The van der Waals surface area contributed by atoms with E-state index >= 15 is 0 Å². The largest absolute Gasteiger partial charge is 0.454 e. The minimum Gasteiger partial charge on any atom is -0.454 e. The number of ether oxygens (including phenoxy) is 3. The van der Waals surface area contributed by atoms with Crippen LogP contribution >= 0.6 is 0 Å². The maximum absolute atomic E-state index is 12.7. The van der Waals surface area contributed by atoms with E-state index in [1.807, 2.05) is 59.7 Å². The summed E-state index contributed by atoms with van der Waals surface area (Å²) in [6, 6.07) is 5.26. The molecule has 1 aliphatic heterocycles. The third-order valence-electron chi connectivity index (χ3n) is 5.81. The number of rotatable bonds is 5. The normalized spacial score (nSPS) is 13.2. The number of hydrogen-bond donors (Lipinski definition) is 1. The summed E-state index contributed by atoms with van der Waals surface area (Å²) >= 11 is 0. The van der Waals surface area contributed by atoms with Gasteiger partial charge in [0.05, 0.1) is 11.6 Å². The highest BCUT2D eigenvalue weighted by Crippen LogP contribution is 2.34. The summed E-state index contributed by atoms with van der Waals surface area (Å²) in [4.78, 5) is 25.0. The molecule has 0 aromatic heterocycles. The predicted octanol–water partition coefficient (Wildman–Crippen LogP) is 3.99. The summed E-state index contributed by atoms with van der Waals surface area (Å²) in [5, 5.41) is 2.84. The van der Waals surface area contributed by atoms with Gasteiger partial charge in [-0.3, -0.25) is 4.79 Å². The lowest BCUT2D eigenvalue weighted by atomic mass is 9.90. The molecular weight excluding hydrogens is 370 g/mol. The lowest BCUT2D eigenvalue weighted by Crippen LogP contribution is -2.31. The van der Waals surface area contributed by atoms with Gasteiger partial charge in [-0.05, 0) is 87.1 Å². The third-order valence-corrected chi connectivity index (χ3v) is 5.81. The summed E-state index contributed by atoms with van der Waals surface area (Å²) in [5.41, 5.74) is 6.52. The first kappa shape index (κ1) is 20.7. The SMILES string of the molecule is Cc1c(C)c(C)c(C(=O)OCC(=O)NC(C)c2ccc3c(c2)OCO3)c(C)c1C. The first-order chi connectivity index (χ1) is 13.7. The van der Waals surface area contributed by atoms with E-state index < -0.39 is 5.97 Å². The fourth-order valence-corrected chi connectivity index (χ4v) is 3.56. The molecule has 1 amide bonds. The number of esters is 1. The van der Waals surface area contributed by atoms with Crippen molar-refractivity contribution in [2.75, 3.05) is 13.4 Å². The van der Waals surface area contributed by atoms with Gasteiger partial charge in [0.1, 0.15) is 0 Å². The molecule has 1 aliphatic rings. The Morgan fingerprint density at radius 3 is 2.21 bits per heavy atom. The molecule has 6 nitrogen and oxygen atoms in total. The fraction of sp³-hybridized carbons (Fsp3) is 0.391. The molecule has 29 heavy (non-hydrogen) atoms. The molecule has 0 bridgehead atoms. The maximum atomic E-state index is 12.7. The van der Waals surface area contributed by atoms with Crippen molar-refractivity contribution in [3.63, 3.8) is 0 Å². The van der Waals surface area contributed by atoms with Gasteiger partial charge in [0.25, 0.3) is 5.91 Å². The maximum Gasteiger partial charge on any atom is 0.339 e. The van der Waals surface area contributed by atoms with Crippen LogP contribution in [-0.4, -0.2) is 25.3 Å². The van der Waals surface area contributed by atoms with Gasteiger partial charge in [-0.25, -0.2) is 4.79 Å². The van der Waals surface area contributed by atoms with Crippen LogP contribution in [0.15, 0.2) is 18.2 Å². The zero-order chi connectivity index (χ0) is 21.3. The standard InChI is InChI=1S/C23H27NO5/c1-12-13(2)15(4)22(16(5)14(12)3)23(26)27-10-21(25)24-17(6)18-7-8-19-20(9-18)29-11-28-19/h7-9,17H,10-11H2,1-6H3,(H,24,25). The van der Waals surface area contributed by atoms with E-state index in [0.717, 1.165) is 27.8 Å². The van der Waals surface area contributed by atoms with Gasteiger partial charge in [-0.1, -0.05) is 6.07 Å². The van der Waals surface area contributed by atoms with E-state index in [1.165, 1.54) is 5.56 Å². The Hall–Kier alpha value is -3.02. The van der Waals surface area contributed by atoms with Crippen molar-refractivity contribution in [2.24, 2.45) is 0 Å². The van der Waals surface area contributed by atoms with Crippen LogP contribution in [-0.2, 0) is 9.53 Å². The van der Waals surface area contributed by atoms with Crippen LogP contribution in [0.4, 0.5) is 0 Å². The molecule has 0 spiro atoms. The van der Waals surface area contributed by atoms with E-state index in [0.29, 0.717) is 17.1 Å². The van der Waals surface area contributed by atoms with Crippen LogP contribution in [0, 0.1) is 34.6 Å². The second-order valence-corrected chi connectivity index (χ2v) is 7.48. The number of fused-ring (bicyclic) bond motifs is 1. The minimum atomic E-state index is -0.475. The van der Waals surface area contributed by atoms with E-state index in [9.17, 15) is 9.59 Å². The topological polar surface area (TPSA) is 73.9 Å². The highest BCUT2D eigenvalue weighted by Gasteiger charge is 2.21. The number of carbonyl (C=O) groups excluding carboxylic acids is 2. The van der Waals surface area contributed by atoms with Crippen molar-refractivity contribution < 1.29 is 23.8 Å². The van der Waals surface area contributed by atoms with Gasteiger partial charge in [-0.2, -0.15) is 0 Å². The van der Waals surface area contributed by atoms with Crippen molar-refractivity contribution in [1.29, 1.82) is 0 Å². The zero-order valence-electron chi connectivity index (χ0n) is 17.8. The van der Waals surface area contributed by atoms with Crippen LogP contribution < -0.4 is 14.8 Å². The van der Waals surface area contributed by atoms with E-state index in [1.54, 1.807) is 0 Å². The van der Waals surface area contributed by atoms with Crippen molar-refractivity contribution in [1.82, 2.24) is 5.32 Å². The summed E-state index contributed by atoms with van der Waals surface area (Å²) < 4.78 is 16.0. The van der Waals surface area contributed by atoms with E-state index in [4.69, 9.17) is 14.2 Å². The Balaban J connectivity index is 1.63. The van der Waals surface area contributed by atoms with Crippen molar-refractivity contribution in [2.45, 2.75) is 47.6 Å². The summed E-state index contributed by atoms with van der Waals surface area (Å²) in [5.74, 6) is 0.512. The molecule has 0 saturated heterocycles. The minimum absolute atomic E-state index is 0.201. The molecule has 1 atom stereocenters. The van der Waals surface area contributed by atoms with Crippen LogP contribution in [0.5, 0.6) is 11.5 Å². The summed E-state index contributed by atoms with van der Waals surface area (Å²) in [6.07, 6.45) is 0. The third kappa shape index (κ3) is 4.06. The average molecular weight is 397 g/mol. The highest BCUT2D eigenvalue weighted by atomic mass is 16.7. The molecule has 3 rings (SSSR count). The molecule has 6 heteroatoms. The molecule has 0 saturated carbocycles. The van der Waals surface area contributed by atoms with Gasteiger partial charge in [0.15, 0.2) is 18.1 Å². The first-order valence-electron chi connectivity index (χ1n) is 9.63. The smallest absolute Gasteiger partial charge is 0.339 e. The van der Waals surface area contributed by atoms with Crippen LogP contribution in [0.1, 0.15) is 56.7 Å².